The molecule has 0 saturated carbocycles. The molecule has 1 aromatic carbocycles. The quantitative estimate of drug-likeness (QED) is 0.560. The van der Waals surface area contributed by atoms with Crippen LogP contribution in [0.15, 0.2) is 35.3 Å². The van der Waals surface area contributed by atoms with Crippen molar-refractivity contribution in [1.82, 2.24) is 15.6 Å². The van der Waals surface area contributed by atoms with Crippen LogP contribution >= 0.6 is 11.3 Å². The van der Waals surface area contributed by atoms with E-state index in [-0.39, 0.29) is 12.5 Å². The van der Waals surface area contributed by atoms with E-state index < -0.39 is 0 Å². The van der Waals surface area contributed by atoms with E-state index in [1.54, 1.807) is 18.4 Å². The van der Waals surface area contributed by atoms with Crippen LogP contribution < -0.4 is 10.6 Å². The minimum Gasteiger partial charge on any atom is -0.396 e. The molecule has 1 heterocycles. The lowest BCUT2D eigenvalue weighted by atomic mass is 10.0. The van der Waals surface area contributed by atoms with Crippen molar-refractivity contribution in [3.05, 3.63) is 51.5 Å². The zero-order valence-corrected chi connectivity index (χ0v) is 14.7. The van der Waals surface area contributed by atoms with E-state index in [9.17, 15) is 5.11 Å². The number of aliphatic hydroxyl groups is 1. The van der Waals surface area contributed by atoms with E-state index in [4.69, 9.17) is 0 Å². The molecule has 0 aliphatic rings. The van der Waals surface area contributed by atoms with Gasteiger partial charge in [-0.3, -0.25) is 4.99 Å². The van der Waals surface area contributed by atoms with Crippen LogP contribution in [0.4, 0.5) is 0 Å². The van der Waals surface area contributed by atoms with Gasteiger partial charge >= 0.3 is 0 Å². The van der Waals surface area contributed by atoms with Crippen LogP contribution in [0.2, 0.25) is 0 Å². The number of guanidine groups is 1. The van der Waals surface area contributed by atoms with Crippen molar-refractivity contribution in [2.75, 3.05) is 20.2 Å². The van der Waals surface area contributed by atoms with E-state index >= 15 is 0 Å². The summed E-state index contributed by atoms with van der Waals surface area (Å²) in [5.74, 6) is 0.770. The van der Waals surface area contributed by atoms with Gasteiger partial charge in [0.05, 0.1) is 23.9 Å². The molecule has 2 rings (SSSR count). The Balaban J connectivity index is 1.88. The zero-order chi connectivity index (χ0) is 16.7. The zero-order valence-electron chi connectivity index (χ0n) is 13.8. The fourth-order valence-electron chi connectivity index (χ4n) is 2.35. The van der Waals surface area contributed by atoms with Gasteiger partial charge < -0.3 is 15.7 Å². The maximum Gasteiger partial charge on any atom is 0.191 e. The predicted molar refractivity (Wildman–Crippen MR) is 96.1 cm³/mol. The number of thiazole rings is 1. The van der Waals surface area contributed by atoms with E-state index in [1.165, 1.54) is 4.88 Å². The summed E-state index contributed by atoms with van der Waals surface area (Å²) in [6.45, 7) is 5.46. The third kappa shape index (κ3) is 5.04. The number of nitrogens with one attached hydrogen (secondary N) is 2. The van der Waals surface area contributed by atoms with Crippen molar-refractivity contribution in [1.29, 1.82) is 0 Å². The minimum atomic E-state index is 0.0436. The molecule has 0 aliphatic heterocycles. The topological polar surface area (TPSA) is 69.5 Å². The van der Waals surface area contributed by atoms with Crippen molar-refractivity contribution < 1.29 is 5.11 Å². The molecule has 2 aromatic rings. The second kappa shape index (κ2) is 8.64. The number of hydrogen-bond acceptors (Lipinski definition) is 4. The normalized spacial score (nSPS) is 13.0. The molecule has 6 heteroatoms. The van der Waals surface area contributed by atoms with Crippen LogP contribution in [0.25, 0.3) is 0 Å². The summed E-state index contributed by atoms with van der Waals surface area (Å²) in [6.07, 6.45) is 0. The Bertz CT molecular complexity index is 639. The maximum absolute atomic E-state index is 9.61. The molecule has 0 radical (unpaired) electrons. The van der Waals surface area contributed by atoms with Gasteiger partial charge in [-0.2, -0.15) is 0 Å². The van der Waals surface area contributed by atoms with Crippen molar-refractivity contribution in [2.24, 2.45) is 4.99 Å². The fourth-order valence-corrected chi connectivity index (χ4v) is 3.23. The lowest BCUT2D eigenvalue weighted by molar-refractivity contribution is 0.265. The number of hydrogen-bond donors (Lipinski definition) is 3. The lowest BCUT2D eigenvalue weighted by Gasteiger charge is -2.18. The summed E-state index contributed by atoms with van der Waals surface area (Å²) in [6, 6.07) is 10.0. The maximum atomic E-state index is 9.61. The monoisotopic (exact) mass is 332 g/mol. The average molecular weight is 332 g/mol. The molecule has 0 saturated heterocycles. The molecular formula is C17H24N4OS. The van der Waals surface area contributed by atoms with Gasteiger partial charge in [0.15, 0.2) is 5.96 Å². The predicted octanol–water partition coefficient (Wildman–Crippen LogP) is 2.20. The van der Waals surface area contributed by atoms with E-state index in [0.29, 0.717) is 13.1 Å². The van der Waals surface area contributed by atoms with Crippen LogP contribution in [0.5, 0.6) is 0 Å². The Kier molecular flexibility index (Phi) is 6.55. The third-order valence-electron chi connectivity index (χ3n) is 3.65. The first-order chi connectivity index (χ1) is 11.1. The second-order valence-corrected chi connectivity index (χ2v) is 6.63. The summed E-state index contributed by atoms with van der Waals surface area (Å²) >= 11 is 1.70. The molecule has 0 spiro atoms. The Labute approximate surface area is 141 Å². The molecule has 124 valence electrons. The van der Waals surface area contributed by atoms with Gasteiger partial charge in [-0.1, -0.05) is 30.3 Å². The summed E-state index contributed by atoms with van der Waals surface area (Å²) in [5.41, 5.74) is 2.18. The van der Waals surface area contributed by atoms with Gasteiger partial charge in [-0.15, -0.1) is 11.3 Å². The van der Waals surface area contributed by atoms with Gasteiger partial charge in [-0.05, 0) is 19.4 Å². The number of rotatable bonds is 6. The number of aryl methyl sites for hydroxylation is 2. The molecule has 0 aliphatic carbocycles. The highest BCUT2D eigenvalue weighted by Crippen LogP contribution is 2.16. The van der Waals surface area contributed by atoms with E-state index in [0.717, 1.165) is 22.2 Å². The summed E-state index contributed by atoms with van der Waals surface area (Å²) in [4.78, 5) is 9.88. The van der Waals surface area contributed by atoms with Crippen molar-refractivity contribution >= 4 is 17.3 Å². The van der Waals surface area contributed by atoms with Gasteiger partial charge in [0.25, 0.3) is 0 Å². The highest BCUT2D eigenvalue weighted by molar-refractivity contribution is 7.11. The third-order valence-corrected chi connectivity index (χ3v) is 4.72. The summed E-state index contributed by atoms with van der Waals surface area (Å²) in [5, 5.41) is 17.3. The largest absolute Gasteiger partial charge is 0.396 e. The van der Waals surface area contributed by atoms with Gasteiger partial charge in [0.1, 0.15) is 0 Å². The first kappa shape index (κ1) is 17.4. The molecule has 1 aromatic heterocycles. The SMILES string of the molecule is CN=C(NCc1sc(C)nc1C)NCC(CO)c1ccccc1. The highest BCUT2D eigenvalue weighted by Gasteiger charge is 2.11. The molecule has 1 atom stereocenters. The number of nitrogens with zero attached hydrogens (tertiary/aromatic N) is 2. The van der Waals surface area contributed by atoms with Crippen molar-refractivity contribution in [3.8, 4) is 0 Å². The number of aromatic nitrogens is 1. The average Bonchev–Trinajstić information content (AvgIpc) is 2.89. The lowest BCUT2D eigenvalue weighted by Crippen LogP contribution is -2.39. The fraction of sp³-hybridized carbons (Fsp3) is 0.412. The molecular weight excluding hydrogens is 308 g/mol. The van der Waals surface area contributed by atoms with Crippen LogP contribution in [0, 0.1) is 13.8 Å². The Morgan fingerprint density at radius 2 is 2.00 bits per heavy atom. The first-order valence-corrected chi connectivity index (χ1v) is 8.49. The summed E-state index contributed by atoms with van der Waals surface area (Å²) in [7, 11) is 1.75. The van der Waals surface area contributed by atoms with Crippen LogP contribution in [-0.4, -0.2) is 36.2 Å². The molecule has 0 amide bonds. The van der Waals surface area contributed by atoms with Crippen LogP contribution in [-0.2, 0) is 6.54 Å². The first-order valence-electron chi connectivity index (χ1n) is 7.67. The van der Waals surface area contributed by atoms with Crippen molar-refractivity contribution in [2.45, 2.75) is 26.3 Å². The smallest absolute Gasteiger partial charge is 0.191 e. The minimum absolute atomic E-state index is 0.0436. The highest BCUT2D eigenvalue weighted by atomic mass is 32.1. The standard InChI is InChI=1S/C17H24N4OS/c1-12-16(23-13(2)21-12)10-20-17(18-3)19-9-15(11-22)14-7-5-4-6-8-14/h4-8,15,22H,9-11H2,1-3H3,(H2,18,19,20). The number of aliphatic hydroxyl groups excluding tert-OH is 1. The van der Waals surface area contributed by atoms with Gasteiger partial charge in [0.2, 0.25) is 0 Å². The van der Waals surface area contributed by atoms with Crippen LogP contribution in [0.3, 0.4) is 0 Å². The van der Waals surface area contributed by atoms with Crippen LogP contribution in [0.1, 0.15) is 27.1 Å². The molecule has 23 heavy (non-hydrogen) atoms. The Morgan fingerprint density at radius 3 is 2.57 bits per heavy atom. The number of benzene rings is 1. The molecule has 0 fully saturated rings. The van der Waals surface area contributed by atoms with Gasteiger partial charge in [0, 0.05) is 24.4 Å². The molecule has 0 bridgehead atoms. The molecule has 3 N–H and O–H groups in total. The second-order valence-electron chi connectivity index (χ2n) is 5.34. The van der Waals surface area contributed by atoms with Crippen molar-refractivity contribution in [3.63, 3.8) is 0 Å². The van der Waals surface area contributed by atoms with E-state index in [2.05, 4.69) is 20.6 Å². The Hall–Kier alpha value is -1.92. The molecule has 5 nitrogen and oxygen atoms in total. The molecule has 1 unspecified atom stereocenters. The van der Waals surface area contributed by atoms with Gasteiger partial charge in [-0.25, -0.2) is 4.98 Å². The summed E-state index contributed by atoms with van der Waals surface area (Å²) < 4.78 is 0. The van der Waals surface area contributed by atoms with E-state index in [1.807, 2.05) is 44.2 Å². The Morgan fingerprint density at radius 1 is 1.26 bits per heavy atom. The number of aliphatic imine (C=N–C) groups is 1.